The standard InChI is InChI=1S/C28H39N3O5S2/c1-4-25-9-5-6-15-31(25)38(35,36)26-13-11-24(12-14-26)29-18-28(32)23-8-7-10-27(17-23)37(33,34)30-19-21(2)16-22(3)20-30/h7-8,10-14,17,21-22,25,29H,4-6,9,15-16,18-20H2,1-3H3. The van der Waals surface area contributed by atoms with Gasteiger partial charge in [0.25, 0.3) is 0 Å². The predicted octanol–water partition coefficient (Wildman–Crippen LogP) is 4.60. The second-order valence-electron chi connectivity index (χ2n) is 10.8. The zero-order valence-corrected chi connectivity index (χ0v) is 24.1. The Morgan fingerprint density at radius 3 is 2.26 bits per heavy atom. The fourth-order valence-corrected chi connectivity index (χ4v) is 9.14. The van der Waals surface area contributed by atoms with Crippen LogP contribution in [0.4, 0.5) is 5.69 Å². The van der Waals surface area contributed by atoms with Gasteiger partial charge in [-0.15, -0.1) is 0 Å². The number of rotatable bonds is 9. The number of Topliss-reactive ketones (excluding diaryl/α,β-unsaturated/α-hetero) is 1. The van der Waals surface area contributed by atoms with Gasteiger partial charge in [0, 0.05) is 36.9 Å². The van der Waals surface area contributed by atoms with Crippen LogP contribution in [0.1, 0.15) is 63.2 Å². The molecule has 38 heavy (non-hydrogen) atoms. The number of carbonyl (C=O) groups is 1. The minimum absolute atomic E-state index is 0.0328. The summed E-state index contributed by atoms with van der Waals surface area (Å²) in [4.78, 5) is 13.3. The highest BCUT2D eigenvalue weighted by molar-refractivity contribution is 7.89. The maximum atomic E-state index is 13.2. The number of hydrogen-bond donors (Lipinski definition) is 1. The molecule has 2 aliphatic rings. The van der Waals surface area contributed by atoms with Crippen molar-refractivity contribution in [2.45, 2.75) is 68.7 Å². The van der Waals surface area contributed by atoms with Crippen LogP contribution in [-0.4, -0.2) is 63.5 Å². The van der Waals surface area contributed by atoms with Crippen molar-refractivity contribution in [3.05, 3.63) is 54.1 Å². The first kappa shape index (κ1) is 28.7. The molecule has 2 saturated heterocycles. The van der Waals surface area contributed by atoms with Crippen LogP contribution in [0, 0.1) is 11.8 Å². The summed E-state index contributed by atoms with van der Waals surface area (Å²) in [6, 6.07) is 12.7. The Labute approximate surface area is 227 Å². The Morgan fingerprint density at radius 2 is 1.61 bits per heavy atom. The largest absolute Gasteiger partial charge is 0.378 e. The SMILES string of the molecule is CCC1CCCCN1S(=O)(=O)c1ccc(NCC(=O)c2cccc(S(=O)(=O)N3CC(C)CC(C)C3)c2)cc1. The van der Waals surface area contributed by atoms with E-state index in [0.717, 1.165) is 32.1 Å². The Bertz CT molecular complexity index is 1330. The monoisotopic (exact) mass is 561 g/mol. The molecule has 0 aromatic heterocycles. The molecule has 2 heterocycles. The molecule has 10 heteroatoms. The van der Waals surface area contributed by atoms with E-state index in [1.807, 2.05) is 6.92 Å². The van der Waals surface area contributed by atoms with Crippen molar-refractivity contribution in [2.75, 3.05) is 31.5 Å². The molecule has 0 spiro atoms. The van der Waals surface area contributed by atoms with E-state index in [1.54, 1.807) is 40.7 Å². The van der Waals surface area contributed by atoms with Gasteiger partial charge in [0.05, 0.1) is 16.3 Å². The van der Waals surface area contributed by atoms with E-state index in [2.05, 4.69) is 19.2 Å². The summed E-state index contributed by atoms with van der Waals surface area (Å²) in [5.41, 5.74) is 0.926. The number of anilines is 1. The zero-order valence-electron chi connectivity index (χ0n) is 22.5. The van der Waals surface area contributed by atoms with Crippen molar-refractivity contribution in [2.24, 2.45) is 11.8 Å². The van der Waals surface area contributed by atoms with Gasteiger partial charge in [0.1, 0.15) is 0 Å². The second-order valence-corrected chi connectivity index (χ2v) is 14.6. The summed E-state index contributed by atoms with van der Waals surface area (Å²) >= 11 is 0. The molecule has 2 fully saturated rings. The third-order valence-electron chi connectivity index (χ3n) is 7.59. The van der Waals surface area contributed by atoms with E-state index in [1.165, 1.54) is 16.4 Å². The highest BCUT2D eigenvalue weighted by atomic mass is 32.2. The van der Waals surface area contributed by atoms with E-state index in [-0.39, 0.29) is 40.0 Å². The van der Waals surface area contributed by atoms with Gasteiger partial charge in [-0.1, -0.05) is 39.3 Å². The molecular weight excluding hydrogens is 522 g/mol. The van der Waals surface area contributed by atoms with Crippen LogP contribution >= 0.6 is 0 Å². The van der Waals surface area contributed by atoms with Crippen molar-refractivity contribution in [1.29, 1.82) is 0 Å². The first-order chi connectivity index (χ1) is 18.0. The maximum absolute atomic E-state index is 13.2. The molecule has 0 bridgehead atoms. The molecule has 0 radical (unpaired) electrons. The average molecular weight is 562 g/mol. The molecule has 2 aromatic rings. The van der Waals surface area contributed by atoms with Gasteiger partial charge >= 0.3 is 0 Å². The van der Waals surface area contributed by atoms with Crippen LogP contribution in [0.25, 0.3) is 0 Å². The Morgan fingerprint density at radius 1 is 0.921 bits per heavy atom. The van der Waals surface area contributed by atoms with Crippen LogP contribution < -0.4 is 5.32 Å². The second kappa shape index (κ2) is 11.9. The number of sulfonamides is 2. The normalized spacial score (nSPS) is 23.7. The zero-order chi connectivity index (χ0) is 27.5. The maximum Gasteiger partial charge on any atom is 0.243 e. The van der Waals surface area contributed by atoms with Gasteiger partial charge in [0.2, 0.25) is 20.0 Å². The lowest BCUT2D eigenvalue weighted by Gasteiger charge is -2.34. The van der Waals surface area contributed by atoms with E-state index < -0.39 is 20.0 Å². The van der Waals surface area contributed by atoms with Crippen LogP contribution in [0.5, 0.6) is 0 Å². The lowest BCUT2D eigenvalue weighted by Crippen LogP contribution is -2.43. The molecule has 8 nitrogen and oxygen atoms in total. The highest BCUT2D eigenvalue weighted by Crippen LogP contribution is 2.29. The molecule has 0 aliphatic carbocycles. The van der Waals surface area contributed by atoms with Gasteiger partial charge < -0.3 is 5.32 Å². The Balaban J connectivity index is 1.41. The number of carbonyl (C=O) groups excluding carboxylic acids is 1. The minimum Gasteiger partial charge on any atom is -0.378 e. The van der Waals surface area contributed by atoms with Gasteiger partial charge in [-0.25, -0.2) is 16.8 Å². The van der Waals surface area contributed by atoms with Crippen LogP contribution in [0.3, 0.4) is 0 Å². The molecular formula is C28H39N3O5S2. The van der Waals surface area contributed by atoms with Crippen LogP contribution in [0.2, 0.25) is 0 Å². The molecule has 0 amide bonds. The van der Waals surface area contributed by atoms with Crippen molar-refractivity contribution < 1.29 is 21.6 Å². The van der Waals surface area contributed by atoms with Crippen molar-refractivity contribution in [1.82, 2.24) is 8.61 Å². The summed E-state index contributed by atoms with van der Waals surface area (Å²) in [5.74, 6) is 0.326. The molecule has 208 valence electrons. The number of nitrogens with zero attached hydrogens (tertiary/aromatic N) is 2. The van der Waals surface area contributed by atoms with E-state index >= 15 is 0 Å². The van der Waals surface area contributed by atoms with Crippen LogP contribution in [-0.2, 0) is 20.0 Å². The van der Waals surface area contributed by atoms with Crippen molar-refractivity contribution >= 4 is 31.5 Å². The molecule has 1 N–H and O–H groups in total. The third-order valence-corrected chi connectivity index (χ3v) is 11.4. The van der Waals surface area contributed by atoms with Crippen molar-refractivity contribution in [3.8, 4) is 0 Å². The average Bonchev–Trinajstić information content (AvgIpc) is 2.91. The number of benzene rings is 2. The quantitative estimate of drug-likeness (QED) is 0.449. The molecule has 3 atom stereocenters. The van der Waals surface area contributed by atoms with E-state index in [4.69, 9.17) is 0 Å². The topological polar surface area (TPSA) is 104 Å². The van der Waals surface area contributed by atoms with E-state index in [9.17, 15) is 21.6 Å². The molecule has 3 unspecified atom stereocenters. The lowest BCUT2D eigenvalue weighted by atomic mass is 9.94. The van der Waals surface area contributed by atoms with Gasteiger partial charge in [-0.2, -0.15) is 8.61 Å². The summed E-state index contributed by atoms with van der Waals surface area (Å²) in [6.45, 7) is 7.59. The summed E-state index contributed by atoms with van der Waals surface area (Å²) in [6.07, 6.45) is 4.60. The smallest absolute Gasteiger partial charge is 0.243 e. The number of ketones is 1. The molecule has 4 rings (SSSR count). The summed E-state index contributed by atoms with van der Waals surface area (Å²) in [7, 11) is -7.26. The fraction of sp³-hybridized carbons (Fsp3) is 0.536. The van der Waals surface area contributed by atoms with Gasteiger partial charge in [0.15, 0.2) is 5.78 Å². The van der Waals surface area contributed by atoms with Gasteiger partial charge in [-0.05, 0) is 73.9 Å². The summed E-state index contributed by atoms with van der Waals surface area (Å²) in [5, 5.41) is 3.04. The highest BCUT2D eigenvalue weighted by Gasteiger charge is 2.33. The molecule has 2 aliphatic heterocycles. The molecule has 0 saturated carbocycles. The van der Waals surface area contributed by atoms with E-state index in [0.29, 0.717) is 30.9 Å². The Kier molecular flexibility index (Phi) is 8.96. The first-order valence-corrected chi connectivity index (χ1v) is 16.4. The van der Waals surface area contributed by atoms with Crippen molar-refractivity contribution in [3.63, 3.8) is 0 Å². The molecule has 2 aromatic carbocycles. The third kappa shape index (κ3) is 6.30. The Hall–Kier alpha value is -2.27. The number of nitrogens with one attached hydrogen (secondary N) is 1. The van der Waals surface area contributed by atoms with Gasteiger partial charge in [-0.3, -0.25) is 4.79 Å². The van der Waals surface area contributed by atoms with Crippen LogP contribution in [0.15, 0.2) is 58.3 Å². The predicted molar refractivity (Wildman–Crippen MR) is 149 cm³/mol. The number of hydrogen-bond acceptors (Lipinski definition) is 6. The number of piperidine rings is 2. The first-order valence-electron chi connectivity index (χ1n) is 13.5. The fourth-order valence-electron chi connectivity index (χ4n) is 5.64. The minimum atomic E-state index is -3.69. The summed E-state index contributed by atoms with van der Waals surface area (Å²) < 4.78 is 56.0. The lowest BCUT2D eigenvalue weighted by molar-refractivity contribution is 0.101.